The number of fused-ring (bicyclic) bond motifs is 1. The summed E-state index contributed by atoms with van der Waals surface area (Å²) < 4.78 is 44.2. The molecule has 25 heavy (non-hydrogen) atoms. The smallest absolute Gasteiger partial charge is 0.361 e. The van der Waals surface area contributed by atoms with Crippen LogP contribution in [0, 0.1) is 0 Å². The minimum absolute atomic E-state index is 0.184. The van der Waals surface area contributed by atoms with Crippen molar-refractivity contribution in [3.63, 3.8) is 0 Å². The number of anilines is 2. The third kappa shape index (κ3) is 6.54. The minimum atomic E-state index is -4.37. The third-order valence-electron chi connectivity index (χ3n) is 3.60. The van der Waals surface area contributed by atoms with Gasteiger partial charge in [0.2, 0.25) is 0 Å². The summed E-state index contributed by atoms with van der Waals surface area (Å²) in [5.74, 6) is 0. The fourth-order valence-electron chi connectivity index (χ4n) is 2.22. The van der Waals surface area contributed by atoms with Gasteiger partial charge >= 0.3 is 12.2 Å². The molecule has 0 atom stereocenters. The highest BCUT2D eigenvalue weighted by molar-refractivity contribution is 6.76. The quantitative estimate of drug-likeness (QED) is 0.435. The van der Waals surface area contributed by atoms with E-state index in [2.05, 4.69) is 35.3 Å². The number of carbonyl (C=O) groups excluding carboxylic acids is 1. The van der Waals surface area contributed by atoms with E-state index in [1.165, 1.54) is 12.3 Å². The highest BCUT2D eigenvalue weighted by Crippen LogP contribution is 2.26. The van der Waals surface area contributed by atoms with E-state index in [1.54, 1.807) is 0 Å². The molecular weight excluding hydrogens is 353 g/mol. The molecular formula is C15H23F3N4O2Si. The Bertz CT molecular complexity index is 620. The molecule has 0 bridgehead atoms. The molecule has 2 rings (SSSR count). The fourth-order valence-corrected chi connectivity index (χ4v) is 2.97. The van der Waals surface area contributed by atoms with Crippen LogP contribution >= 0.6 is 0 Å². The Hall–Kier alpha value is -1.81. The van der Waals surface area contributed by atoms with Crippen molar-refractivity contribution in [2.24, 2.45) is 0 Å². The number of hydrogen-bond donors (Lipinski definition) is 2. The summed E-state index contributed by atoms with van der Waals surface area (Å²) in [5.41, 5.74) is 1.25. The summed E-state index contributed by atoms with van der Waals surface area (Å²) in [6.45, 7) is 5.86. The average Bonchev–Trinajstić information content (AvgIpc) is 2.47. The first-order chi connectivity index (χ1) is 11.5. The normalized spacial score (nSPS) is 14.6. The maximum atomic E-state index is 12.9. The van der Waals surface area contributed by atoms with Gasteiger partial charge in [-0.25, -0.2) is 4.79 Å². The van der Waals surface area contributed by atoms with Crippen molar-refractivity contribution < 1.29 is 22.7 Å². The van der Waals surface area contributed by atoms with Crippen molar-refractivity contribution in [2.45, 2.75) is 38.4 Å². The van der Waals surface area contributed by atoms with Crippen LogP contribution in [0.4, 0.5) is 29.3 Å². The minimum Gasteiger partial charge on any atom is -0.361 e. The molecule has 1 aromatic heterocycles. The number of carbonyl (C=O) groups is 1. The number of aromatic nitrogens is 1. The second kappa shape index (κ2) is 7.61. The zero-order valence-electron chi connectivity index (χ0n) is 14.5. The van der Waals surface area contributed by atoms with E-state index in [0.29, 0.717) is 18.0 Å². The van der Waals surface area contributed by atoms with Gasteiger partial charge in [0.25, 0.3) is 0 Å². The zero-order chi connectivity index (χ0) is 18.7. The van der Waals surface area contributed by atoms with Crippen LogP contribution in [0.15, 0.2) is 12.3 Å². The maximum Gasteiger partial charge on any atom is 0.406 e. The molecule has 0 saturated heterocycles. The summed E-state index contributed by atoms with van der Waals surface area (Å²) in [7, 11) is -1.32. The van der Waals surface area contributed by atoms with Gasteiger partial charge in [0.05, 0.1) is 29.8 Å². The van der Waals surface area contributed by atoms with Gasteiger partial charge in [-0.2, -0.15) is 13.2 Å². The Morgan fingerprint density at radius 2 is 2.08 bits per heavy atom. The Morgan fingerprint density at radius 1 is 1.36 bits per heavy atom. The van der Waals surface area contributed by atoms with Gasteiger partial charge in [-0.05, 0) is 12.1 Å². The SMILES string of the molecule is C[Si](C)(C)CCOCN(CC(F)(F)F)c1cnc2c(c1)NC(=O)NC2. The number of hydrogen-bond acceptors (Lipinski definition) is 4. The summed E-state index contributed by atoms with van der Waals surface area (Å²) in [5, 5.41) is 5.10. The molecule has 0 spiro atoms. The number of ether oxygens (including phenoxy) is 1. The topological polar surface area (TPSA) is 66.5 Å². The molecule has 6 nitrogen and oxygen atoms in total. The van der Waals surface area contributed by atoms with E-state index < -0.39 is 26.8 Å². The van der Waals surface area contributed by atoms with Crippen molar-refractivity contribution in [3.8, 4) is 0 Å². The first kappa shape index (κ1) is 19.5. The third-order valence-corrected chi connectivity index (χ3v) is 5.30. The summed E-state index contributed by atoms with van der Waals surface area (Å²) in [4.78, 5) is 16.6. The molecule has 0 fully saturated rings. The lowest BCUT2D eigenvalue weighted by Gasteiger charge is -2.27. The molecule has 1 aliphatic heterocycles. The highest BCUT2D eigenvalue weighted by Gasteiger charge is 2.31. The van der Waals surface area contributed by atoms with Crippen molar-refractivity contribution >= 4 is 25.5 Å². The van der Waals surface area contributed by atoms with Crippen LogP contribution in [0.2, 0.25) is 25.7 Å². The predicted octanol–water partition coefficient (Wildman–Crippen LogP) is 3.40. The van der Waals surface area contributed by atoms with Crippen LogP contribution < -0.4 is 15.5 Å². The standard InChI is InChI=1S/C15H23F3N4O2Si/c1-25(2,3)5-4-24-10-22(9-15(16,17)18)11-6-12-13(19-7-11)8-20-14(23)21-12/h6-7H,4-5,8-10H2,1-3H3,(H2,20,21,23). The van der Waals surface area contributed by atoms with Gasteiger partial charge in [0.1, 0.15) is 13.3 Å². The molecule has 0 aliphatic carbocycles. The van der Waals surface area contributed by atoms with Crippen LogP contribution in [0.1, 0.15) is 5.69 Å². The van der Waals surface area contributed by atoms with E-state index in [1.807, 2.05) is 0 Å². The van der Waals surface area contributed by atoms with Gasteiger partial charge in [-0.3, -0.25) is 4.98 Å². The summed E-state index contributed by atoms with van der Waals surface area (Å²) >= 11 is 0. The number of alkyl halides is 3. The molecule has 1 aromatic rings. The summed E-state index contributed by atoms with van der Waals surface area (Å²) in [6.07, 6.45) is -3.01. The molecule has 0 radical (unpaired) electrons. The number of nitrogens with zero attached hydrogens (tertiary/aromatic N) is 2. The van der Waals surface area contributed by atoms with Gasteiger partial charge in [0.15, 0.2) is 0 Å². The number of rotatable bonds is 7. The number of amides is 2. The second-order valence-electron chi connectivity index (χ2n) is 7.16. The number of halogens is 3. The van der Waals surface area contributed by atoms with Gasteiger partial charge in [-0.1, -0.05) is 19.6 Å². The van der Waals surface area contributed by atoms with Crippen molar-refractivity contribution in [3.05, 3.63) is 18.0 Å². The van der Waals surface area contributed by atoms with Gasteiger partial charge < -0.3 is 20.3 Å². The van der Waals surface area contributed by atoms with Crippen molar-refractivity contribution in [2.75, 3.05) is 30.1 Å². The molecule has 0 aromatic carbocycles. The molecule has 0 saturated carbocycles. The zero-order valence-corrected chi connectivity index (χ0v) is 15.5. The van der Waals surface area contributed by atoms with E-state index in [0.717, 1.165) is 10.9 Å². The van der Waals surface area contributed by atoms with E-state index >= 15 is 0 Å². The average molecular weight is 376 g/mol. The van der Waals surface area contributed by atoms with Crippen molar-refractivity contribution in [1.29, 1.82) is 0 Å². The molecule has 140 valence electrons. The van der Waals surface area contributed by atoms with E-state index in [9.17, 15) is 18.0 Å². The molecule has 2 heterocycles. The molecule has 0 unspecified atom stereocenters. The largest absolute Gasteiger partial charge is 0.406 e. The van der Waals surface area contributed by atoms with Crippen LogP contribution in [-0.2, 0) is 11.3 Å². The first-order valence-corrected chi connectivity index (χ1v) is 11.7. The van der Waals surface area contributed by atoms with Crippen molar-refractivity contribution in [1.82, 2.24) is 10.3 Å². The Morgan fingerprint density at radius 3 is 2.72 bits per heavy atom. The fraction of sp³-hybridized carbons (Fsp3) is 0.600. The van der Waals surface area contributed by atoms with Crippen LogP contribution in [0.25, 0.3) is 0 Å². The molecule has 1 aliphatic rings. The maximum absolute atomic E-state index is 12.9. The van der Waals surface area contributed by atoms with Crippen LogP contribution in [-0.4, -0.2) is 45.1 Å². The Labute approximate surface area is 145 Å². The van der Waals surface area contributed by atoms with Gasteiger partial charge in [-0.15, -0.1) is 0 Å². The number of nitrogens with one attached hydrogen (secondary N) is 2. The second-order valence-corrected chi connectivity index (χ2v) is 12.8. The lowest BCUT2D eigenvalue weighted by Crippen LogP contribution is -2.37. The monoisotopic (exact) mass is 376 g/mol. The molecule has 2 amide bonds. The van der Waals surface area contributed by atoms with Crippen LogP contribution in [0.5, 0.6) is 0 Å². The van der Waals surface area contributed by atoms with E-state index in [4.69, 9.17) is 4.74 Å². The lowest BCUT2D eigenvalue weighted by atomic mass is 10.2. The predicted molar refractivity (Wildman–Crippen MR) is 92.5 cm³/mol. The summed E-state index contributed by atoms with van der Waals surface area (Å²) in [6, 6.07) is 1.96. The molecule has 10 heteroatoms. The van der Waals surface area contributed by atoms with Crippen LogP contribution in [0.3, 0.4) is 0 Å². The number of urea groups is 1. The van der Waals surface area contributed by atoms with E-state index in [-0.39, 0.29) is 19.0 Å². The number of pyridine rings is 1. The Balaban J connectivity index is 2.09. The highest BCUT2D eigenvalue weighted by atomic mass is 28.3. The molecule has 2 N–H and O–H groups in total. The van der Waals surface area contributed by atoms with Gasteiger partial charge in [0, 0.05) is 14.7 Å². The first-order valence-electron chi connectivity index (χ1n) is 7.97. The lowest BCUT2D eigenvalue weighted by molar-refractivity contribution is -0.122. The Kier molecular flexibility index (Phi) is 5.94.